The number of methoxy groups -OCH3 is 1. The summed E-state index contributed by atoms with van der Waals surface area (Å²) in [6.45, 7) is 0.0636. The standard InChI is InChI=1S/C8H11NO4S/c1-12-6-13-7-3-2-4-8(5-7)14(9,10)11/h2-5H,6H2,1H3,(H2,9,10,11). The van der Waals surface area contributed by atoms with E-state index in [4.69, 9.17) is 9.88 Å². The second-order valence-electron chi connectivity index (χ2n) is 2.57. The smallest absolute Gasteiger partial charge is 0.238 e. The summed E-state index contributed by atoms with van der Waals surface area (Å²) in [5.41, 5.74) is 0. The van der Waals surface area contributed by atoms with Gasteiger partial charge in [-0.2, -0.15) is 0 Å². The van der Waals surface area contributed by atoms with Crippen LogP contribution in [0.15, 0.2) is 29.2 Å². The largest absolute Gasteiger partial charge is 0.468 e. The number of ether oxygens (including phenoxy) is 2. The number of nitrogens with two attached hydrogens (primary N) is 1. The van der Waals surface area contributed by atoms with E-state index in [9.17, 15) is 8.42 Å². The molecule has 0 heterocycles. The van der Waals surface area contributed by atoms with Crippen LogP contribution in [0.3, 0.4) is 0 Å². The zero-order valence-electron chi connectivity index (χ0n) is 7.64. The van der Waals surface area contributed by atoms with Crippen molar-refractivity contribution in [1.29, 1.82) is 0 Å². The Kier molecular flexibility index (Phi) is 3.45. The second-order valence-corrected chi connectivity index (χ2v) is 4.13. The Morgan fingerprint density at radius 3 is 2.71 bits per heavy atom. The average Bonchev–Trinajstić information content (AvgIpc) is 2.14. The van der Waals surface area contributed by atoms with Crippen LogP contribution in [0.4, 0.5) is 0 Å². The van der Waals surface area contributed by atoms with E-state index in [1.165, 1.54) is 19.2 Å². The van der Waals surface area contributed by atoms with E-state index >= 15 is 0 Å². The van der Waals surface area contributed by atoms with E-state index < -0.39 is 10.0 Å². The van der Waals surface area contributed by atoms with Crippen LogP contribution in [0.25, 0.3) is 0 Å². The van der Waals surface area contributed by atoms with Gasteiger partial charge in [0.05, 0.1) is 4.90 Å². The first-order valence-corrected chi connectivity index (χ1v) is 5.33. The van der Waals surface area contributed by atoms with Crippen LogP contribution in [0.2, 0.25) is 0 Å². The van der Waals surface area contributed by atoms with Gasteiger partial charge in [-0.25, -0.2) is 13.6 Å². The Balaban J connectivity index is 2.90. The monoisotopic (exact) mass is 217 g/mol. The van der Waals surface area contributed by atoms with Crippen molar-refractivity contribution in [2.24, 2.45) is 5.14 Å². The molecule has 0 saturated carbocycles. The predicted octanol–water partition coefficient (Wildman–Crippen LogP) is 0.317. The predicted molar refractivity (Wildman–Crippen MR) is 50.3 cm³/mol. The van der Waals surface area contributed by atoms with Gasteiger partial charge in [0.15, 0.2) is 6.79 Å². The lowest BCUT2D eigenvalue weighted by Gasteiger charge is -2.05. The third kappa shape index (κ3) is 2.99. The lowest BCUT2D eigenvalue weighted by Crippen LogP contribution is -2.12. The summed E-state index contributed by atoms with van der Waals surface area (Å²) in [5.74, 6) is 0.401. The number of hydrogen-bond acceptors (Lipinski definition) is 4. The molecule has 0 unspecified atom stereocenters. The molecule has 0 aliphatic heterocycles. The zero-order chi connectivity index (χ0) is 10.6. The Morgan fingerprint density at radius 1 is 1.43 bits per heavy atom. The highest BCUT2D eigenvalue weighted by molar-refractivity contribution is 7.89. The maximum Gasteiger partial charge on any atom is 0.238 e. The van der Waals surface area contributed by atoms with Crippen LogP contribution in [0, 0.1) is 0 Å². The van der Waals surface area contributed by atoms with E-state index in [0.717, 1.165) is 0 Å². The van der Waals surface area contributed by atoms with Crippen LogP contribution in [0.5, 0.6) is 5.75 Å². The minimum Gasteiger partial charge on any atom is -0.468 e. The quantitative estimate of drug-likeness (QED) is 0.736. The Labute approximate surface area is 82.5 Å². The number of hydrogen-bond donors (Lipinski definition) is 1. The van der Waals surface area contributed by atoms with Gasteiger partial charge in [0.25, 0.3) is 0 Å². The lowest BCUT2D eigenvalue weighted by atomic mass is 10.3. The van der Waals surface area contributed by atoms with Gasteiger partial charge in [-0.3, -0.25) is 0 Å². The fourth-order valence-corrected chi connectivity index (χ4v) is 1.42. The molecular formula is C8H11NO4S. The Bertz CT molecular complexity index is 402. The molecule has 0 saturated heterocycles. The number of primary sulfonamides is 1. The van der Waals surface area contributed by atoms with Crippen molar-refractivity contribution in [3.05, 3.63) is 24.3 Å². The van der Waals surface area contributed by atoms with Crippen molar-refractivity contribution < 1.29 is 17.9 Å². The summed E-state index contributed by atoms with van der Waals surface area (Å²) in [6, 6.07) is 5.90. The molecule has 6 heteroatoms. The minimum absolute atomic E-state index is 0.0195. The maximum absolute atomic E-state index is 10.9. The highest BCUT2D eigenvalue weighted by atomic mass is 32.2. The molecule has 0 fully saturated rings. The molecule has 78 valence electrons. The first-order chi connectivity index (χ1) is 6.54. The molecule has 2 N–H and O–H groups in total. The molecular weight excluding hydrogens is 206 g/mol. The van der Waals surface area contributed by atoms with Gasteiger partial charge in [-0.15, -0.1) is 0 Å². The highest BCUT2D eigenvalue weighted by Gasteiger charge is 2.07. The van der Waals surface area contributed by atoms with Gasteiger partial charge in [0.2, 0.25) is 10.0 Å². The van der Waals surface area contributed by atoms with E-state index in [0.29, 0.717) is 5.75 Å². The summed E-state index contributed by atoms with van der Waals surface area (Å²) in [5, 5.41) is 4.94. The van der Waals surface area contributed by atoms with E-state index in [1.54, 1.807) is 12.1 Å². The van der Waals surface area contributed by atoms with Crippen molar-refractivity contribution in [3.8, 4) is 5.75 Å². The number of sulfonamides is 1. The van der Waals surface area contributed by atoms with E-state index in [2.05, 4.69) is 4.74 Å². The van der Waals surface area contributed by atoms with Gasteiger partial charge in [0.1, 0.15) is 5.75 Å². The van der Waals surface area contributed by atoms with Crippen molar-refractivity contribution in [3.63, 3.8) is 0 Å². The summed E-state index contributed by atoms with van der Waals surface area (Å²) >= 11 is 0. The Hall–Kier alpha value is -1.11. The molecule has 1 aromatic rings. The van der Waals surface area contributed by atoms with Crippen LogP contribution in [-0.2, 0) is 14.8 Å². The Morgan fingerprint density at radius 2 is 2.14 bits per heavy atom. The summed E-state index contributed by atoms with van der Waals surface area (Å²) in [6.07, 6.45) is 0. The number of benzene rings is 1. The first kappa shape index (κ1) is 11.0. The molecule has 5 nitrogen and oxygen atoms in total. The topological polar surface area (TPSA) is 78.6 Å². The third-order valence-corrected chi connectivity index (χ3v) is 2.39. The molecule has 0 atom stereocenters. The summed E-state index contributed by atoms with van der Waals surface area (Å²) < 4.78 is 31.6. The van der Waals surface area contributed by atoms with Crippen molar-refractivity contribution in [2.75, 3.05) is 13.9 Å². The third-order valence-electron chi connectivity index (χ3n) is 1.48. The van der Waals surface area contributed by atoms with Gasteiger partial charge in [0, 0.05) is 13.2 Å². The van der Waals surface area contributed by atoms with E-state index in [-0.39, 0.29) is 11.7 Å². The van der Waals surface area contributed by atoms with Crippen molar-refractivity contribution in [1.82, 2.24) is 0 Å². The molecule has 0 aromatic heterocycles. The van der Waals surface area contributed by atoms with Gasteiger partial charge in [-0.05, 0) is 12.1 Å². The van der Waals surface area contributed by atoms with Gasteiger partial charge in [-0.1, -0.05) is 6.07 Å². The molecule has 14 heavy (non-hydrogen) atoms. The molecule has 0 bridgehead atoms. The van der Waals surface area contributed by atoms with Gasteiger partial charge >= 0.3 is 0 Å². The van der Waals surface area contributed by atoms with Crippen molar-refractivity contribution in [2.45, 2.75) is 4.90 Å². The van der Waals surface area contributed by atoms with Crippen LogP contribution < -0.4 is 9.88 Å². The molecule has 0 aliphatic rings. The SMILES string of the molecule is COCOc1cccc(S(N)(=O)=O)c1. The molecule has 1 rings (SSSR count). The summed E-state index contributed by atoms with van der Waals surface area (Å²) in [7, 11) is -2.20. The van der Waals surface area contributed by atoms with Crippen LogP contribution in [0.1, 0.15) is 0 Å². The first-order valence-electron chi connectivity index (χ1n) is 3.78. The van der Waals surface area contributed by atoms with Crippen LogP contribution in [-0.4, -0.2) is 22.3 Å². The normalized spacial score (nSPS) is 11.3. The molecule has 0 amide bonds. The molecule has 1 aromatic carbocycles. The summed E-state index contributed by atoms with van der Waals surface area (Å²) in [4.78, 5) is 0.0195. The molecule has 0 radical (unpaired) electrons. The lowest BCUT2D eigenvalue weighted by molar-refractivity contribution is 0.0509. The van der Waals surface area contributed by atoms with Crippen LogP contribution >= 0.6 is 0 Å². The molecule has 0 spiro atoms. The number of rotatable bonds is 4. The van der Waals surface area contributed by atoms with Crippen molar-refractivity contribution >= 4 is 10.0 Å². The fraction of sp³-hybridized carbons (Fsp3) is 0.250. The van der Waals surface area contributed by atoms with Gasteiger partial charge < -0.3 is 9.47 Å². The van der Waals surface area contributed by atoms with E-state index in [1.807, 2.05) is 0 Å². The minimum atomic E-state index is -3.67. The fourth-order valence-electron chi connectivity index (χ4n) is 0.868. The average molecular weight is 217 g/mol. The molecule has 0 aliphatic carbocycles. The highest BCUT2D eigenvalue weighted by Crippen LogP contribution is 2.15. The maximum atomic E-state index is 10.9. The second kappa shape index (κ2) is 4.41. The zero-order valence-corrected chi connectivity index (χ0v) is 8.45.